The van der Waals surface area contributed by atoms with E-state index in [1.54, 1.807) is 7.11 Å². The number of carbonyl (C=O) groups excluding carboxylic acids is 1. The summed E-state index contributed by atoms with van der Waals surface area (Å²) in [4.78, 5) is 23.9. The maximum atomic E-state index is 14.1. The molecule has 190 valence electrons. The first kappa shape index (κ1) is 27.8. The molecule has 0 radical (unpaired) electrons. The highest BCUT2D eigenvalue weighted by molar-refractivity contribution is 5.86. The quantitative estimate of drug-likeness (QED) is 0.276. The Hall–Kier alpha value is -2.48. The number of aryl methyl sites for hydroxylation is 1. The first-order valence-electron chi connectivity index (χ1n) is 12.0. The number of carbonyl (C=O) groups is 2. The molecule has 0 saturated carbocycles. The lowest BCUT2D eigenvalue weighted by molar-refractivity contribution is -0.148. The summed E-state index contributed by atoms with van der Waals surface area (Å²) in [6.45, 7) is 2.12. The number of aliphatic hydroxyl groups is 1. The highest BCUT2D eigenvalue weighted by Crippen LogP contribution is 2.34. The van der Waals surface area contributed by atoms with Crippen molar-refractivity contribution in [3.8, 4) is 5.75 Å². The van der Waals surface area contributed by atoms with Crippen LogP contribution in [0.2, 0.25) is 0 Å². The van der Waals surface area contributed by atoms with Gasteiger partial charge in [0.05, 0.1) is 19.3 Å². The second kappa shape index (κ2) is 13.4. The number of nitrogens with zero attached hydrogens (tertiary/aromatic N) is 1. The van der Waals surface area contributed by atoms with Gasteiger partial charge in [-0.15, -0.1) is 0 Å². The van der Waals surface area contributed by atoms with Crippen LogP contribution in [-0.4, -0.2) is 58.7 Å². The third-order valence-electron chi connectivity index (χ3n) is 6.35. The van der Waals surface area contributed by atoms with Crippen LogP contribution in [-0.2, 0) is 16.0 Å². The molecule has 1 aromatic carbocycles. The van der Waals surface area contributed by atoms with E-state index in [0.29, 0.717) is 25.7 Å². The first-order chi connectivity index (χ1) is 16.1. The topological polar surface area (TPSA) is 87.1 Å². The molecule has 0 spiro atoms. The molecule has 1 aliphatic heterocycles. The van der Waals surface area contributed by atoms with Crippen molar-refractivity contribution >= 4 is 11.9 Å². The lowest BCUT2D eigenvalue weighted by Crippen LogP contribution is -2.36. The van der Waals surface area contributed by atoms with Gasteiger partial charge in [0.25, 0.3) is 5.91 Å². The van der Waals surface area contributed by atoms with Gasteiger partial charge in [-0.1, -0.05) is 44.1 Å². The number of benzene rings is 1. The predicted octanol–water partition coefficient (Wildman–Crippen LogP) is 4.84. The standard InChI is InChI=1S/C26H37F2NO5/c1-19(9-7-10-20-11-8-12-22(17-20)34-2)23(30)15-14-21-18-26(27,28)25(33)29(21)16-6-4-3-5-13-24(31)32/h8,11-12,14-15,17,19,21,23,30H,3-7,9-10,13,16,18H2,1-2H3,(H,31,32)/t19-,21-,23+/m0/s1. The van der Waals surface area contributed by atoms with Gasteiger partial charge in [0, 0.05) is 19.4 Å². The van der Waals surface area contributed by atoms with Crippen LogP contribution in [0, 0.1) is 5.92 Å². The summed E-state index contributed by atoms with van der Waals surface area (Å²) in [6, 6.07) is 7.09. The van der Waals surface area contributed by atoms with Gasteiger partial charge in [-0.2, -0.15) is 8.78 Å². The van der Waals surface area contributed by atoms with Gasteiger partial charge in [-0.05, 0) is 55.7 Å². The third kappa shape index (κ3) is 8.70. The summed E-state index contributed by atoms with van der Waals surface area (Å²) in [5, 5.41) is 19.2. The number of ether oxygens (including phenoxy) is 1. The summed E-state index contributed by atoms with van der Waals surface area (Å²) in [5.74, 6) is -4.67. The van der Waals surface area contributed by atoms with Gasteiger partial charge in [0.15, 0.2) is 0 Å². The van der Waals surface area contributed by atoms with E-state index < -0.39 is 36.4 Å². The zero-order valence-electron chi connectivity index (χ0n) is 20.1. The molecule has 3 atom stereocenters. The van der Waals surface area contributed by atoms with E-state index in [1.807, 2.05) is 31.2 Å². The Morgan fingerprint density at radius 1 is 1.26 bits per heavy atom. The van der Waals surface area contributed by atoms with Crippen LogP contribution in [0.1, 0.15) is 63.9 Å². The van der Waals surface area contributed by atoms with E-state index in [4.69, 9.17) is 9.84 Å². The molecular weight excluding hydrogens is 444 g/mol. The third-order valence-corrected chi connectivity index (χ3v) is 6.35. The molecule has 34 heavy (non-hydrogen) atoms. The van der Waals surface area contributed by atoms with Crippen molar-refractivity contribution in [2.75, 3.05) is 13.7 Å². The number of amides is 1. The lowest BCUT2D eigenvalue weighted by Gasteiger charge is -2.22. The minimum absolute atomic E-state index is 0.0536. The summed E-state index contributed by atoms with van der Waals surface area (Å²) >= 11 is 0. The van der Waals surface area contributed by atoms with Gasteiger partial charge < -0.3 is 19.8 Å². The Balaban J connectivity index is 1.82. The number of aliphatic hydroxyl groups excluding tert-OH is 1. The predicted molar refractivity (Wildman–Crippen MR) is 126 cm³/mol. The molecule has 8 heteroatoms. The first-order valence-corrected chi connectivity index (χ1v) is 12.0. The highest BCUT2D eigenvalue weighted by Gasteiger charge is 2.52. The van der Waals surface area contributed by atoms with Crippen LogP contribution < -0.4 is 4.74 Å². The Morgan fingerprint density at radius 2 is 2.00 bits per heavy atom. The van der Waals surface area contributed by atoms with Crippen molar-refractivity contribution in [2.45, 2.75) is 82.8 Å². The fourth-order valence-electron chi connectivity index (χ4n) is 4.23. The second-order valence-electron chi connectivity index (χ2n) is 9.13. The number of halogens is 2. The summed E-state index contributed by atoms with van der Waals surface area (Å²) in [5.41, 5.74) is 1.15. The molecule has 1 aliphatic rings. The summed E-state index contributed by atoms with van der Waals surface area (Å²) in [7, 11) is 1.63. The molecule has 2 rings (SSSR count). The summed E-state index contributed by atoms with van der Waals surface area (Å²) in [6.07, 6.45) is 6.69. The van der Waals surface area contributed by atoms with Crippen molar-refractivity contribution in [3.05, 3.63) is 42.0 Å². The average Bonchev–Trinajstić information content (AvgIpc) is 3.02. The van der Waals surface area contributed by atoms with E-state index >= 15 is 0 Å². The number of aliphatic carboxylic acids is 1. The second-order valence-corrected chi connectivity index (χ2v) is 9.13. The Kier molecular flexibility index (Phi) is 11.0. The normalized spacial score (nSPS) is 19.5. The van der Waals surface area contributed by atoms with Crippen LogP contribution in [0.25, 0.3) is 0 Å². The fourth-order valence-corrected chi connectivity index (χ4v) is 4.23. The van der Waals surface area contributed by atoms with Gasteiger partial charge >= 0.3 is 11.9 Å². The molecule has 1 amide bonds. The van der Waals surface area contributed by atoms with E-state index in [2.05, 4.69) is 0 Å². The minimum atomic E-state index is -3.40. The van der Waals surface area contributed by atoms with Gasteiger partial charge in [0.2, 0.25) is 0 Å². The molecule has 1 heterocycles. The SMILES string of the molecule is COc1cccc(CCC[C@H](C)[C@H](O)C=C[C@H]2CC(F)(F)C(=O)N2CCCCCCC(=O)O)c1. The van der Waals surface area contributed by atoms with E-state index in [9.17, 15) is 23.5 Å². The Morgan fingerprint density at radius 3 is 2.71 bits per heavy atom. The zero-order chi connectivity index (χ0) is 25.1. The van der Waals surface area contributed by atoms with Crippen molar-refractivity contribution in [3.63, 3.8) is 0 Å². The molecular formula is C26H37F2NO5. The van der Waals surface area contributed by atoms with Gasteiger partial charge in [0.1, 0.15) is 5.75 Å². The summed E-state index contributed by atoms with van der Waals surface area (Å²) < 4.78 is 33.4. The molecule has 0 aromatic heterocycles. The minimum Gasteiger partial charge on any atom is -0.497 e. The number of hydrogen-bond acceptors (Lipinski definition) is 4. The molecule has 2 N–H and O–H groups in total. The van der Waals surface area contributed by atoms with E-state index in [-0.39, 0.29) is 18.9 Å². The number of hydrogen-bond donors (Lipinski definition) is 2. The van der Waals surface area contributed by atoms with Crippen molar-refractivity contribution in [2.24, 2.45) is 5.92 Å². The molecule has 0 unspecified atom stereocenters. The van der Waals surface area contributed by atoms with Crippen LogP contribution in [0.15, 0.2) is 36.4 Å². The Bertz CT molecular complexity index is 829. The maximum absolute atomic E-state index is 14.1. The smallest absolute Gasteiger partial charge is 0.327 e. The number of alkyl halides is 2. The zero-order valence-corrected chi connectivity index (χ0v) is 20.1. The fraction of sp³-hybridized carbons (Fsp3) is 0.615. The highest BCUT2D eigenvalue weighted by atomic mass is 19.3. The number of rotatable bonds is 15. The van der Waals surface area contributed by atoms with Crippen LogP contribution in [0.4, 0.5) is 8.78 Å². The van der Waals surface area contributed by atoms with Crippen LogP contribution >= 0.6 is 0 Å². The van der Waals surface area contributed by atoms with Crippen LogP contribution in [0.5, 0.6) is 5.75 Å². The largest absolute Gasteiger partial charge is 0.497 e. The van der Waals surface area contributed by atoms with E-state index in [1.165, 1.54) is 17.1 Å². The Labute approximate surface area is 200 Å². The maximum Gasteiger partial charge on any atom is 0.327 e. The van der Waals surface area contributed by atoms with Gasteiger partial charge in [-0.25, -0.2) is 0 Å². The van der Waals surface area contributed by atoms with Crippen LogP contribution in [0.3, 0.4) is 0 Å². The monoisotopic (exact) mass is 481 g/mol. The van der Waals surface area contributed by atoms with Gasteiger partial charge in [-0.3, -0.25) is 9.59 Å². The average molecular weight is 482 g/mol. The number of likely N-dealkylation sites (tertiary alicyclic amines) is 1. The molecule has 6 nitrogen and oxygen atoms in total. The molecule has 1 fully saturated rings. The molecule has 1 saturated heterocycles. The van der Waals surface area contributed by atoms with Crippen molar-refractivity contribution in [1.82, 2.24) is 4.90 Å². The molecule has 1 aromatic rings. The number of carboxylic acid groups (broad SMARTS) is 1. The van der Waals surface area contributed by atoms with E-state index in [0.717, 1.165) is 30.6 Å². The lowest BCUT2D eigenvalue weighted by atomic mass is 9.95. The number of unbranched alkanes of at least 4 members (excludes halogenated alkanes) is 3. The number of methoxy groups -OCH3 is 1. The number of carboxylic acids is 1. The van der Waals surface area contributed by atoms with Crippen molar-refractivity contribution < 1.29 is 33.3 Å². The molecule has 0 aliphatic carbocycles. The molecule has 0 bridgehead atoms. The van der Waals surface area contributed by atoms with Crippen molar-refractivity contribution in [1.29, 1.82) is 0 Å².